The van der Waals surface area contributed by atoms with Gasteiger partial charge in [0.25, 0.3) is 0 Å². The van der Waals surface area contributed by atoms with Crippen LogP contribution in [0.25, 0.3) is 0 Å². The first kappa shape index (κ1) is 16.7. The second-order valence-electron chi connectivity index (χ2n) is 4.21. The third kappa shape index (κ3) is 3.39. The first-order chi connectivity index (χ1) is 10.4. The van der Waals surface area contributed by atoms with Gasteiger partial charge in [-0.15, -0.1) is 0 Å². The summed E-state index contributed by atoms with van der Waals surface area (Å²) in [5.41, 5.74) is -1.61. The summed E-state index contributed by atoms with van der Waals surface area (Å²) in [6, 6.07) is 9.39. The molecule has 0 saturated carbocycles. The zero-order valence-corrected chi connectivity index (χ0v) is 12.9. The zero-order valence-electron chi connectivity index (χ0n) is 11.3. The molecule has 0 amide bonds. The number of methoxy groups -OCH3 is 1. The van der Waals surface area contributed by atoms with Crippen LogP contribution < -0.4 is 4.74 Å². The normalized spacial score (nSPS) is 11.3. The quantitative estimate of drug-likeness (QED) is 0.700. The minimum Gasteiger partial charge on any atom is -0.496 e. The van der Waals surface area contributed by atoms with Crippen LogP contribution in [0.3, 0.4) is 0 Å². The fourth-order valence-electron chi connectivity index (χ4n) is 1.86. The molecule has 0 saturated heterocycles. The van der Waals surface area contributed by atoms with Crippen LogP contribution in [0, 0.1) is 0 Å². The Morgan fingerprint density at radius 3 is 2.41 bits per heavy atom. The molecule has 2 nitrogen and oxygen atoms in total. The lowest BCUT2D eigenvalue weighted by Gasteiger charge is -2.15. The van der Waals surface area contributed by atoms with E-state index in [9.17, 15) is 18.0 Å². The molecular weight excluding hydrogens is 337 g/mol. The minimum atomic E-state index is -4.70. The summed E-state index contributed by atoms with van der Waals surface area (Å²) in [7, 11) is 1.47. The number of aldehydes is 1. The van der Waals surface area contributed by atoms with Gasteiger partial charge in [0.15, 0.2) is 6.29 Å². The third-order valence-electron chi connectivity index (χ3n) is 2.84. The van der Waals surface area contributed by atoms with Crippen LogP contribution in [0.2, 0.25) is 5.02 Å². The Labute approximate surface area is 134 Å². The first-order valence-corrected chi connectivity index (χ1v) is 7.23. The Morgan fingerprint density at radius 2 is 1.82 bits per heavy atom. The molecule has 0 heterocycles. The van der Waals surface area contributed by atoms with E-state index >= 15 is 0 Å². The summed E-state index contributed by atoms with van der Waals surface area (Å²) in [5.74, 6) is 0.525. The van der Waals surface area contributed by atoms with Crippen molar-refractivity contribution in [1.29, 1.82) is 0 Å². The Kier molecular flexibility index (Phi) is 5.03. The van der Waals surface area contributed by atoms with E-state index < -0.39 is 22.3 Å². The van der Waals surface area contributed by atoms with Crippen LogP contribution in [-0.2, 0) is 6.18 Å². The number of ether oxygens (including phenoxy) is 1. The molecule has 0 aliphatic carbocycles. The molecule has 0 atom stereocenters. The molecule has 116 valence electrons. The van der Waals surface area contributed by atoms with Crippen LogP contribution in [-0.4, -0.2) is 13.4 Å². The average molecular weight is 347 g/mol. The van der Waals surface area contributed by atoms with Gasteiger partial charge in [-0.25, -0.2) is 0 Å². The van der Waals surface area contributed by atoms with Gasteiger partial charge in [-0.3, -0.25) is 4.79 Å². The number of rotatable bonds is 4. The van der Waals surface area contributed by atoms with E-state index in [0.717, 1.165) is 17.8 Å². The van der Waals surface area contributed by atoms with Crippen molar-refractivity contribution in [3.8, 4) is 5.75 Å². The molecule has 7 heteroatoms. The van der Waals surface area contributed by atoms with Crippen molar-refractivity contribution >= 4 is 29.6 Å². The lowest BCUT2D eigenvalue weighted by atomic mass is 10.1. The highest BCUT2D eigenvalue weighted by atomic mass is 35.5. The van der Waals surface area contributed by atoms with Crippen molar-refractivity contribution < 1.29 is 22.7 Å². The van der Waals surface area contributed by atoms with E-state index in [0.29, 0.717) is 10.6 Å². The molecule has 22 heavy (non-hydrogen) atoms. The number of carbonyl (C=O) groups is 1. The number of hydrogen-bond donors (Lipinski definition) is 0. The summed E-state index contributed by atoms with van der Waals surface area (Å²) in [6.45, 7) is 0. The molecule has 0 aliphatic heterocycles. The van der Waals surface area contributed by atoms with Crippen LogP contribution in [0.5, 0.6) is 5.75 Å². The zero-order chi connectivity index (χ0) is 16.3. The Hall–Kier alpha value is -1.66. The van der Waals surface area contributed by atoms with Crippen molar-refractivity contribution in [3.05, 3.63) is 52.5 Å². The van der Waals surface area contributed by atoms with Crippen molar-refractivity contribution in [2.24, 2.45) is 0 Å². The van der Waals surface area contributed by atoms with Crippen molar-refractivity contribution in [3.63, 3.8) is 0 Å². The highest BCUT2D eigenvalue weighted by molar-refractivity contribution is 7.99. The molecule has 0 spiro atoms. The molecule has 0 unspecified atom stereocenters. The van der Waals surface area contributed by atoms with E-state index in [2.05, 4.69) is 0 Å². The molecule has 0 aromatic heterocycles. The third-order valence-corrected chi connectivity index (χ3v) is 4.46. The van der Waals surface area contributed by atoms with Crippen molar-refractivity contribution in [2.45, 2.75) is 16.0 Å². The van der Waals surface area contributed by atoms with E-state index in [1.807, 2.05) is 0 Å². The SMILES string of the molecule is COc1ccccc1Sc1ccc(C=O)c(C(F)(F)F)c1Cl. The van der Waals surface area contributed by atoms with Gasteiger partial charge >= 0.3 is 6.18 Å². The van der Waals surface area contributed by atoms with Crippen LogP contribution in [0.1, 0.15) is 15.9 Å². The summed E-state index contributed by atoms with van der Waals surface area (Å²) >= 11 is 6.92. The number of alkyl halides is 3. The average Bonchev–Trinajstić information content (AvgIpc) is 2.48. The minimum absolute atomic E-state index is 0.145. The summed E-state index contributed by atoms with van der Waals surface area (Å²) < 4.78 is 44.4. The molecular formula is C15H10ClF3O2S. The lowest BCUT2D eigenvalue weighted by Crippen LogP contribution is -2.10. The second-order valence-corrected chi connectivity index (χ2v) is 5.67. The van der Waals surface area contributed by atoms with Gasteiger partial charge in [0.2, 0.25) is 0 Å². The van der Waals surface area contributed by atoms with Gasteiger partial charge in [-0.1, -0.05) is 35.5 Å². The smallest absolute Gasteiger partial charge is 0.418 e. The van der Waals surface area contributed by atoms with Gasteiger partial charge in [0.05, 0.1) is 22.6 Å². The summed E-state index contributed by atoms with van der Waals surface area (Å²) in [4.78, 5) is 11.6. The van der Waals surface area contributed by atoms with Gasteiger partial charge in [-0.2, -0.15) is 13.2 Å². The topological polar surface area (TPSA) is 26.3 Å². The number of halogens is 4. The lowest BCUT2D eigenvalue weighted by molar-refractivity contribution is -0.137. The number of benzene rings is 2. The molecule has 2 aromatic carbocycles. The maximum Gasteiger partial charge on any atom is 0.418 e. The van der Waals surface area contributed by atoms with Crippen LogP contribution in [0.15, 0.2) is 46.2 Å². The van der Waals surface area contributed by atoms with Crippen molar-refractivity contribution in [2.75, 3.05) is 7.11 Å². The fraction of sp³-hybridized carbons (Fsp3) is 0.133. The fourth-order valence-corrected chi connectivity index (χ4v) is 3.22. The van der Waals surface area contributed by atoms with Gasteiger partial charge < -0.3 is 4.74 Å². The number of para-hydroxylation sites is 1. The van der Waals surface area contributed by atoms with Gasteiger partial charge in [-0.05, 0) is 24.3 Å². The summed E-state index contributed by atoms with van der Waals surface area (Å²) in [5, 5.41) is -0.493. The van der Waals surface area contributed by atoms with Crippen LogP contribution in [0.4, 0.5) is 13.2 Å². The predicted octanol–water partition coefficient (Wildman–Crippen LogP) is 5.33. The number of carbonyl (C=O) groups excluding carboxylic acids is 1. The predicted molar refractivity (Wildman–Crippen MR) is 79.0 cm³/mol. The van der Waals surface area contributed by atoms with E-state index in [1.165, 1.54) is 13.2 Å². The first-order valence-electron chi connectivity index (χ1n) is 6.04. The van der Waals surface area contributed by atoms with Gasteiger partial charge in [0.1, 0.15) is 5.75 Å². The van der Waals surface area contributed by atoms with E-state index in [-0.39, 0.29) is 11.2 Å². The molecule has 2 rings (SSSR count). The van der Waals surface area contributed by atoms with Gasteiger partial charge in [0, 0.05) is 10.5 Å². The van der Waals surface area contributed by atoms with Crippen LogP contribution >= 0.6 is 23.4 Å². The maximum absolute atomic E-state index is 13.1. The highest BCUT2D eigenvalue weighted by Crippen LogP contribution is 2.44. The standard InChI is InChI=1S/C15H10ClF3O2S/c1-21-10-4-2-3-5-11(10)22-12-7-6-9(8-20)13(14(12)16)15(17,18)19/h2-8H,1H3. The summed E-state index contributed by atoms with van der Waals surface area (Å²) in [6.07, 6.45) is -4.56. The molecule has 0 radical (unpaired) electrons. The number of hydrogen-bond acceptors (Lipinski definition) is 3. The monoisotopic (exact) mass is 346 g/mol. The molecule has 0 N–H and O–H groups in total. The Bertz CT molecular complexity index is 702. The molecule has 0 bridgehead atoms. The Morgan fingerprint density at radius 1 is 1.14 bits per heavy atom. The highest BCUT2D eigenvalue weighted by Gasteiger charge is 2.37. The largest absolute Gasteiger partial charge is 0.496 e. The second kappa shape index (κ2) is 6.62. The van der Waals surface area contributed by atoms with Crippen molar-refractivity contribution in [1.82, 2.24) is 0 Å². The molecule has 0 aliphatic rings. The molecule has 2 aromatic rings. The van der Waals surface area contributed by atoms with E-state index in [4.69, 9.17) is 16.3 Å². The molecule has 0 fully saturated rings. The maximum atomic E-state index is 13.1. The Balaban J connectivity index is 2.51. The van der Waals surface area contributed by atoms with E-state index in [1.54, 1.807) is 24.3 Å².